The second kappa shape index (κ2) is 9.57. The van der Waals surface area contributed by atoms with Crippen molar-refractivity contribution in [2.24, 2.45) is 11.8 Å². The Hall–Kier alpha value is -1.14. The molecule has 4 heterocycles. The smallest absolute Gasteiger partial charge is 0.234 e. The van der Waals surface area contributed by atoms with Gasteiger partial charge in [-0.2, -0.15) is 0 Å². The number of amides is 2. The zero-order valence-corrected chi connectivity index (χ0v) is 17.4. The third-order valence-corrected chi connectivity index (χ3v) is 7.29. The first-order valence-corrected chi connectivity index (χ1v) is 11.7. The molecule has 2 bridgehead atoms. The molecule has 0 spiro atoms. The SMILES string of the molecule is O=C(CN1CC2CC(C1)[C@H]1CCCC(=O)N1C2)NCCCN1CCCCCC1. The Morgan fingerprint density at radius 3 is 2.64 bits per heavy atom. The van der Waals surface area contributed by atoms with E-state index in [-0.39, 0.29) is 5.91 Å². The molecule has 6 nitrogen and oxygen atoms in total. The van der Waals surface area contributed by atoms with Crippen molar-refractivity contribution in [3.63, 3.8) is 0 Å². The zero-order valence-electron chi connectivity index (χ0n) is 17.4. The van der Waals surface area contributed by atoms with Crippen LogP contribution in [0.5, 0.6) is 0 Å². The van der Waals surface area contributed by atoms with Gasteiger partial charge in [0.05, 0.1) is 6.54 Å². The van der Waals surface area contributed by atoms with E-state index < -0.39 is 0 Å². The second-order valence-electron chi connectivity index (χ2n) is 9.52. The molecule has 2 unspecified atom stereocenters. The lowest BCUT2D eigenvalue weighted by Crippen LogP contribution is -2.61. The van der Waals surface area contributed by atoms with E-state index >= 15 is 0 Å². The Morgan fingerprint density at radius 2 is 1.82 bits per heavy atom. The van der Waals surface area contributed by atoms with Crippen LogP contribution in [0.25, 0.3) is 0 Å². The summed E-state index contributed by atoms with van der Waals surface area (Å²) in [5, 5.41) is 3.14. The van der Waals surface area contributed by atoms with Crippen molar-refractivity contribution in [1.29, 1.82) is 0 Å². The van der Waals surface area contributed by atoms with Crippen molar-refractivity contribution in [2.45, 2.75) is 63.8 Å². The monoisotopic (exact) mass is 390 g/mol. The van der Waals surface area contributed by atoms with Gasteiger partial charge >= 0.3 is 0 Å². The highest BCUT2D eigenvalue weighted by molar-refractivity contribution is 5.78. The highest BCUT2D eigenvalue weighted by atomic mass is 16.2. The first-order chi connectivity index (χ1) is 13.7. The van der Waals surface area contributed by atoms with Crippen LogP contribution in [-0.4, -0.2) is 84.9 Å². The van der Waals surface area contributed by atoms with E-state index in [1.165, 1.54) is 45.2 Å². The number of carbonyl (C=O) groups is 2. The topological polar surface area (TPSA) is 55.9 Å². The van der Waals surface area contributed by atoms with E-state index in [9.17, 15) is 9.59 Å². The van der Waals surface area contributed by atoms with Crippen LogP contribution >= 0.6 is 0 Å². The second-order valence-corrected chi connectivity index (χ2v) is 9.52. The molecule has 0 aromatic heterocycles. The van der Waals surface area contributed by atoms with Gasteiger partial charge in [-0.05, 0) is 70.0 Å². The quantitative estimate of drug-likeness (QED) is 0.702. The maximum absolute atomic E-state index is 12.4. The van der Waals surface area contributed by atoms with E-state index in [4.69, 9.17) is 0 Å². The van der Waals surface area contributed by atoms with Gasteiger partial charge in [0.25, 0.3) is 0 Å². The Bertz CT molecular complexity index is 547. The number of carbonyl (C=O) groups excluding carboxylic acids is 2. The van der Waals surface area contributed by atoms with Crippen LogP contribution in [-0.2, 0) is 9.59 Å². The number of fused-ring (bicyclic) bond motifs is 4. The number of hydrogen-bond acceptors (Lipinski definition) is 4. The molecule has 4 aliphatic rings. The first kappa shape index (κ1) is 20.1. The number of likely N-dealkylation sites (tertiary alicyclic amines) is 2. The highest BCUT2D eigenvalue weighted by Crippen LogP contribution is 2.37. The van der Waals surface area contributed by atoms with Crippen LogP contribution in [0.1, 0.15) is 57.8 Å². The Balaban J connectivity index is 1.17. The van der Waals surface area contributed by atoms with Crippen LogP contribution < -0.4 is 5.32 Å². The summed E-state index contributed by atoms with van der Waals surface area (Å²) in [4.78, 5) is 31.8. The molecule has 3 atom stereocenters. The fourth-order valence-electron chi connectivity index (χ4n) is 5.99. The van der Waals surface area contributed by atoms with E-state index in [1.54, 1.807) is 0 Å². The van der Waals surface area contributed by atoms with Gasteiger partial charge in [0.15, 0.2) is 0 Å². The van der Waals surface area contributed by atoms with Crippen molar-refractivity contribution < 1.29 is 9.59 Å². The third-order valence-electron chi connectivity index (χ3n) is 7.29. The van der Waals surface area contributed by atoms with E-state index in [0.29, 0.717) is 30.3 Å². The van der Waals surface area contributed by atoms with Gasteiger partial charge in [0.2, 0.25) is 11.8 Å². The van der Waals surface area contributed by atoms with Gasteiger partial charge in [-0.15, -0.1) is 0 Å². The van der Waals surface area contributed by atoms with Gasteiger partial charge in [0, 0.05) is 38.6 Å². The lowest BCUT2D eigenvalue weighted by Gasteiger charge is -2.52. The first-order valence-electron chi connectivity index (χ1n) is 11.7. The minimum Gasteiger partial charge on any atom is -0.355 e. The van der Waals surface area contributed by atoms with Crippen molar-refractivity contribution in [3.05, 3.63) is 0 Å². The summed E-state index contributed by atoms with van der Waals surface area (Å²) < 4.78 is 0. The molecule has 0 aromatic rings. The molecule has 28 heavy (non-hydrogen) atoms. The van der Waals surface area contributed by atoms with Gasteiger partial charge < -0.3 is 15.1 Å². The number of rotatable bonds is 6. The fourth-order valence-corrected chi connectivity index (χ4v) is 5.99. The summed E-state index contributed by atoms with van der Waals surface area (Å²) in [5.41, 5.74) is 0. The van der Waals surface area contributed by atoms with E-state index in [0.717, 1.165) is 58.4 Å². The maximum atomic E-state index is 12.4. The molecule has 2 amide bonds. The van der Waals surface area contributed by atoms with Crippen LogP contribution in [0.3, 0.4) is 0 Å². The van der Waals surface area contributed by atoms with Crippen molar-refractivity contribution in [1.82, 2.24) is 20.0 Å². The molecule has 4 rings (SSSR count). The highest BCUT2D eigenvalue weighted by Gasteiger charge is 2.43. The predicted molar refractivity (Wildman–Crippen MR) is 110 cm³/mol. The molecule has 0 radical (unpaired) electrons. The summed E-state index contributed by atoms with van der Waals surface area (Å²) in [5.74, 6) is 1.65. The standard InChI is InChI=1S/C22H38N4O2/c27-21(23-9-6-12-24-10-3-1-2-4-11-24)17-25-14-18-13-19(16-25)20-7-5-8-22(28)26(20)15-18/h18-20H,1-17H2,(H,23,27)/t18?,19?,20-/m1/s1. The Morgan fingerprint density at radius 1 is 1.00 bits per heavy atom. The van der Waals surface area contributed by atoms with Gasteiger partial charge in [-0.3, -0.25) is 14.5 Å². The maximum Gasteiger partial charge on any atom is 0.234 e. The Kier molecular flexibility index (Phi) is 6.89. The van der Waals surface area contributed by atoms with Crippen molar-refractivity contribution in [2.75, 3.05) is 52.4 Å². The number of nitrogens with zero attached hydrogens (tertiary/aromatic N) is 3. The summed E-state index contributed by atoms with van der Waals surface area (Å²) in [6.07, 6.45) is 10.6. The molecular weight excluding hydrogens is 352 g/mol. The van der Waals surface area contributed by atoms with Crippen LogP contribution in [0, 0.1) is 11.8 Å². The van der Waals surface area contributed by atoms with E-state index in [2.05, 4.69) is 20.0 Å². The third kappa shape index (κ3) is 5.07. The number of piperidine rings is 3. The molecule has 4 saturated heterocycles. The van der Waals surface area contributed by atoms with Gasteiger partial charge in [-0.25, -0.2) is 0 Å². The predicted octanol–water partition coefficient (Wildman–Crippen LogP) is 1.70. The minimum atomic E-state index is 0.174. The average Bonchev–Trinajstić information content (AvgIpc) is 2.95. The summed E-state index contributed by atoms with van der Waals surface area (Å²) >= 11 is 0. The average molecular weight is 391 g/mol. The normalized spacial score (nSPS) is 31.9. The van der Waals surface area contributed by atoms with Crippen LogP contribution in [0.15, 0.2) is 0 Å². The zero-order chi connectivity index (χ0) is 19.3. The van der Waals surface area contributed by atoms with Crippen molar-refractivity contribution in [3.8, 4) is 0 Å². The molecule has 6 heteroatoms. The number of nitrogens with one attached hydrogen (secondary N) is 1. The molecule has 0 aromatic carbocycles. The molecule has 4 aliphatic heterocycles. The van der Waals surface area contributed by atoms with Crippen molar-refractivity contribution >= 4 is 11.8 Å². The number of hydrogen-bond donors (Lipinski definition) is 1. The van der Waals surface area contributed by atoms with E-state index in [1.807, 2.05) is 0 Å². The van der Waals surface area contributed by atoms with Crippen LogP contribution in [0.4, 0.5) is 0 Å². The Labute approximate surface area is 170 Å². The molecule has 4 fully saturated rings. The lowest BCUT2D eigenvalue weighted by atomic mass is 9.76. The molecular formula is C22H38N4O2. The lowest BCUT2D eigenvalue weighted by molar-refractivity contribution is -0.145. The molecule has 0 aliphatic carbocycles. The largest absolute Gasteiger partial charge is 0.355 e. The summed E-state index contributed by atoms with van der Waals surface area (Å²) in [6.45, 7) is 7.74. The van der Waals surface area contributed by atoms with Gasteiger partial charge in [0.1, 0.15) is 0 Å². The van der Waals surface area contributed by atoms with Crippen LogP contribution in [0.2, 0.25) is 0 Å². The minimum absolute atomic E-state index is 0.174. The summed E-state index contributed by atoms with van der Waals surface area (Å²) in [7, 11) is 0. The molecule has 1 N–H and O–H groups in total. The molecule has 0 saturated carbocycles. The fraction of sp³-hybridized carbons (Fsp3) is 0.909. The van der Waals surface area contributed by atoms with Gasteiger partial charge in [-0.1, -0.05) is 12.8 Å². The molecule has 158 valence electrons. The summed E-state index contributed by atoms with van der Waals surface area (Å²) in [6, 6.07) is 0.428.